The SMILES string of the molecule is NC(=O)Cn1cc(-c2ccc(C(F)(F)F)cc2)nn1. The molecule has 1 heterocycles. The number of benzene rings is 1. The van der Waals surface area contributed by atoms with Crippen molar-refractivity contribution in [2.75, 3.05) is 0 Å². The van der Waals surface area contributed by atoms with Gasteiger partial charge in [-0.2, -0.15) is 13.2 Å². The fourth-order valence-electron chi connectivity index (χ4n) is 1.50. The van der Waals surface area contributed by atoms with Crippen molar-refractivity contribution in [1.82, 2.24) is 15.0 Å². The summed E-state index contributed by atoms with van der Waals surface area (Å²) in [5.74, 6) is -0.580. The van der Waals surface area contributed by atoms with Crippen LogP contribution in [0.4, 0.5) is 13.2 Å². The fraction of sp³-hybridized carbons (Fsp3) is 0.182. The van der Waals surface area contributed by atoms with Gasteiger partial charge in [0, 0.05) is 5.56 Å². The molecular weight excluding hydrogens is 261 g/mol. The van der Waals surface area contributed by atoms with Gasteiger partial charge in [0.15, 0.2) is 0 Å². The lowest BCUT2D eigenvalue weighted by Crippen LogP contribution is -2.18. The van der Waals surface area contributed by atoms with Gasteiger partial charge in [0.1, 0.15) is 12.2 Å². The minimum Gasteiger partial charge on any atom is -0.368 e. The molecule has 0 radical (unpaired) electrons. The van der Waals surface area contributed by atoms with E-state index in [1.165, 1.54) is 23.0 Å². The first-order chi connectivity index (χ1) is 8.86. The molecule has 19 heavy (non-hydrogen) atoms. The van der Waals surface area contributed by atoms with Gasteiger partial charge >= 0.3 is 6.18 Å². The molecule has 0 bridgehead atoms. The monoisotopic (exact) mass is 270 g/mol. The van der Waals surface area contributed by atoms with Crippen molar-refractivity contribution in [3.05, 3.63) is 36.0 Å². The lowest BCUT2D eigenvalue weighted by Gasteiger charge is -2.06. The van der Waals surface area contributed by atoms with Gasteiger partial charge in [-0.15, -0.1) is 5.10 Å². The zero-order chi connectivity index (χ0) is 14.0. The topological polar surface area (TPSA) is 73.8 Å². The van der Waals surface area contributed by atoms with E-state index >= 15 is 0 Å². The summed E-state index contributed by atoms with van der Waals surface area (Å²) in [6.07, 6.45) is -2.94. The van der Waals surface area contributed by atoms with Crippen LogP contribution in [-0.4, -0.2) is 20.9 Å². The first kappa shape index (κ1) is 13.1. The van der Waals surface area contributed by atoms with Crippen LogP contribution in [0.25, 0.3) is 11.3 Å². The third-order valence-electron chi connectivity index (χ3n) is 2.36. The summed E-state index contributed by atoms with van der Waals surface area (Å²) >= 11 is 0. The number of amides is 1. The predicted octanol–water partition coefficient (Wildman–Crippen LogP) is 1.45. The second kappa shape index (κ2) is 4.71. The van der Waals surface area contributed by atoms with E-state index < -0.39 is 17.6 Å². The number of carbonyl (C=O) groups excluding carboxylic acids is 1. The Hall–Kier alpha value is -2.38. The van der Waals surface area contributed by atoms with Crippen LogP contribution in [0.3, 0.4) is 0 Å². The molecule has 0 spiro atoms. The van der Waals surface area contributed by atoms with E-state index in [9.17, 15) is 18.0 Å². The first-order valence-electron chi connectivity index (χ1n) is 5.22. The molecule has 0 fully saturated rings. The van der Waals surface area contributed by atoms with Crippen LogP contribution in [0.15, 0.2) is 30.5 Å². The van der Waals surface area contributed by atoms with Gasteiger partial charge in [-0.25, -0.2) is 4.68 Å². The third kappa shape index (κ3) is 3.09. The largest absolute Gasteiger partial charge is 0.416 e. The second-order valence-electron chi connectivity index (χ2n) is 3.84. The number of nitrogens with two attached hydrogens (primary N) is 1. The van der Waals surface area contributed by atoms with Gasteiger partial charge in [-0.05, 0) is 12.1 Å². The van der Waals surface area contributed by atoms with Crippen LogP contribution < -0.4 is 5.73 Å². The van der Waals surface area contributed by atoms with E-state index in [-0.39, 0.29) is 6.54 Å². The van der Waals surface area contributed by atoms with Crippen molar-refractivity contribution in [2.45, 2.75) is 12.7 Å². The smallest absolute Gasteiger partial charge is 0.368 e. The van der Waals surface area contributed by atoms with Crippen LogP contribution >= 0.6 is 0 Å². The highest BCUT2D eigenvalue weighted by atomic mass is 19.4. The van der Waals surface area contributed by atoms with Crippen LogP contribution in [0.1, 0.15) is 5.56 Å². The van der Waals surface area contributed by atoms with Crippen LogP contribution in [0.5, 0.6) is 0 Å². The molecule has 0 atom stereocenters. The van der Waals surface area contributed by atoms with Crippen molar-refractivity contribution >= 4 is 5.91 Å². The van der Waals surface area contributed by atoms with Gasteiger partial charge in [-0.3, -0.25) is 4.79 Å². The molecule has 0 aliphatic carbocycles. The van der Waals surface area contributed by atoms with Crippen LogP contribution in [-0.2, 0) is 17.5 Å². The Morgan fingerprint density at radius 3 is 2.42 bits per heavy atom. The van der Waals surface area contributed by atoms with Gasteiger partial charge in [0.05, 0.1) is 11.8 Å². The first-order valence-corrected chi connectivity index (χ1v) is 5.22. The maximum atomic E-state index is 12.4. The average Bonchev–Trinajstić information content (AvgIpc) is 2.75. The van der Waals surface area contributed by atoms with E-state index in [1.54, 1.807) is 0 Å². The Labute approximate surface area is 105 Å². The average molecular weight is 270 g/mol. The number of aromatic nitrogens is 3. The highest BCUT2D eigenvalue weighted by Crippen LogP contribution is 2.30. The molecule has 2 aromatic rings. The molecule has 0 saturated heterocycles. The minimum atomic E-state index is -4.37. The normalized spacial score (nSPS) is 11.5. The third-order valence-corrected chi connectivity index (χ3v) is 2.36. The van der Waals surface area contributed by atoms with E-state index in [0.29, 0.717) is 11.3 Å². The predicted molar refractivity (Wildman–Crippen MR) is 59.7 cm³/mol. The van der Waals surface area contributed by atoms with Crippen molar-refractivity contribution in [2.24, 2.45) is 5.73 Å². The number of alkyl halides is 3. The van der Waals surface area contributed by atoms with Gasteiger partial charge in [0.2, 0.25) is 5.91 Å². The number of primary amides is 1. The Bertz CT molecular complexity index is 589. The lowest BCUT2D eigenvalue weighted by molar-refractivity contribution is -0.137. The van der Waals surface area contributed by atoms with E-state index in [0.717, 1.165) is 12.1 Å². The van der Waals surface area contributed by atoms with Crippen molar-refractivity contribution in [1.29, 1.82) is 0 Å². The van der Waals surface area contributed by atoms with Crippen LogP contribution in [0.2, 0.25) is 0 Å². The Morgan fingerprint density at radius 2 is 1.89 bits per heavy atom. The molecule has 1 aromatic heterocycles. The molecule has 100 valence electrons. The number of rotatable bonds is 3. The molecule has 0 aliphatic heterocycles. The highest BCUT2D eigenvalue weighted by molar-refractivity contribution is 5.73. The number of carbonyl (C=O) groups is 1. The Morgan fingerprint density at radius 1 is 1.26 bits per heavy atom. The maximum Gasteiger partial charge on any atom is 0.416 e. The van der Waals surface area contributed by atoms with E-state index in [4.69, 9.17) is 5.73 Å². The van der Waals surface area contributed by atoms with Crippen molar-refractivity contribution in [3.63, 3.8) is 0 Å². The zero-order valence-corrected chi connectivity index (χ0v) is 9.55. The second-order valence-corrected chi connectivity index (χ2v) is 3.84. The summed E-state index contributed by atoms with van der Waals surface area (Å²) < 4.78 is 38.4. The standard InChI is InChI=1S/C11H9F3N4O/c12-11(13,14)8-3-1-7(2-4-8)9-5-18(17-16-9)6-10(15)19/h1-5H,6H2,(H2,15,19). The molecule has 8 heteroatoms. The van der Waals surface area contributed by atoms with Crippen molar-refractivity contribution in [3.8, 4) is 11.3 Å². The van der Waals surface area contributed by atoms with Gasteiger partial charge in [0.25, 0.3) is 0 Å². The summed E-state index contributed by atoms with van der Waals surface area (Å²) in [5, 5.41) is 7.40. The number of nitrogens with zero attached hydrogens (tertiary/aromatic N) is 3. The van der Waals surface area contributed by atoms with Gasteiger partial charge in [-0.1, -0.05) is 17.3 Å². The van der Waals surface area contributed by atoms with Crippen molar-refractivity contribution < 1.29 is 18.0 Å². The molecule has 5 nitrogen and oxygen atoms in total. The molecule has 0 aliphatic rings. The van der Waals surface area contributed by atoms with E-state index in [1.807, 2.05) is 0 Å². The van der Waals surface area contributed by atoms with Gasteiger partial charge < -0.3 is 5.73 Å². The minimum absolute atomic E-state index is 0.131. The summed E-state index contributed by atoms with van der Waals surface area (Å²) in [5.41, 5.74) is 5.10. The number of hydrogen-bond donors (Lipinski definition) is 1. The molecule has 1 amide bonds. The highest BCUT2D eigenvalue weighted by Gasteiger charge is 2.30. The molecule has 0 saturated carbocycles. The maximum absolute atomic E-state index is 12.4. The Balaban J connectivity index is 2.23. The fourth-order valence-corrected chi connectivity index (χ4v) is 1.50. The van der Waals surface area contributed by atoms with E-state index in [2.05, 4.69) is 10.3 Å². The number of hydrogen-bond acceptors (Lipinski definition) is 3. The Kier molecular flexibility index (Phi) is 3.24. The molecule has 0 unspecified atom stereocenters. The number of halogens is 3. The molecular formula is C11H9F3N4O. The summed E-state index contributed by atoms with van der Waals surface area (Å²) in [4.78, 5) is 10.7. The summed E-state index contributed by atoms with van der Waals surface area (Å²) in [6.45, 7) is -0.131. The summed E-state index contributed by atoms with van der Waals surface area (Å²) in [6, 6.07) is 4.51. The quantitative estimate of drug-likeness (QED) is 0.917. The van der Waals surface area contributed by atoms with Crippen LogP contribution in [0, 0.1) is 0 Å². The zero-order valence-electron chi connectivity index (χ0n) is 9.55. The molecule has 2 N–H and O–H groups in total. The molecule has 2 rings (SSSR count). The lowest BCUT2D eigenvalue weighted by atomic mass is 10.1. The summed E-state index contributed by atoms with van der Waals surface area (Å²) in [7, 11) is 0. The molecule has 1 aromatic carbocycles.